The second-order valence-corrected chi connectivity index (χ2v) is 16.2. The average Bonchev–Trinajstić information content (AvgIpc) is 4.01. The molecule has 1 saturated heterocycles. The maximum absolute atomic E-state index is 14.6. The topological polar surface area (TPSA) is 200 Å². The molecule has 4 heterocycles. The fourth-order valence-corrected chi connectivity index (χ4v) is 9.37. The van der Waals surface area contributed by atoms with E-state index in [4.69, 9.17) is 18.9 Å². The average molecular weight is 819 g/mol. The summed E-state index contributed by atoms with van der Waals surface area (Å²) in [5.41, 5.74) is 2.31. The van der Waals surface area contributed by atoms with Crippen molar-refractivity contribution in [2.45, 2.75) is 81.0 Å². The summed E-state index contributed by atoms with van der Waals surface area (Å²) in [4.78, 5) is 34.2. The Morgan fingerprint density at radius 1 is 1.12 bits per heavy atom. The van der Waals surface area contributed by atoms with Gasteiger partial charge < -0.3 is 54.7 Å². The van der Waals surface area contributed by atoms with Crippen molar-refractivity contribution in [1.29, 1.82) is 0 Å². The first-order valence-corrected chi connectivity index (χ1v) is 20.4. The van der Waals surface area contributed by atoms with Crippen molar-refractivity contribution in [3.63, 3.8) is 0 Å². The number of ketones is 1. The van der Waals surface area contributed by atoms with E-state index in [1.807, 2.05) is 43.4 Å². The molecule has 4 aliphatic heterocycles. The molecule has 60 heavy (non-hydrogen) atoms. The van der Waals surface area contributed by atoms with Gasteiger partial charge in [0.1, 0.15) is 53.8 Å². The standard InChI is InChI=1S/C46H47N3O11/c1-47-18-24-11-13-33-31(15-24)32(19-48-33)35-14-12-29-36(57-2)17-27-16-30(25-7-3-4-8-25)39(34(51)21-49-20-26-9-5-6-10-28(26)44(49)55)41(53)38(27)42(29)60-45-46(56,23-50)43(54)40(52)37(59-45)22-58-35/h5-6,9-17,19,25,35,37,40,43,45,47,50,52,54,56H,3-4,7-8,18,20-23H2,1-2H3/p+1/b14-12+/t35-,37-,40-,43+,45-,46-/m1/s1. The lowest BCUT2D eigenvalue weighted by Crippen LogP contribution is -2.69. The number of methoxy groups -OCH3 is 1. The van der Waals surface area contributed by atoms with Crippen LogP contribution >= 0.6 is 0 Å². The van der Waals surface area contributed by atoms with E-state index >= 15 is 0 Å². The van der Waals surface area contributed by atoms with E-state index in [0.717, 1.165) is 48.1 Å². The normalized spacial score (nSPS) is 26.7. The van der Waals surface area contributed by atoms with Gasteiger partial charge in [-0.3, -0.25) is 9.59 Å². The number of aliphatic imine (C=N–C) groups is 1. The van der Waals surface area contributed by atoms with Crippen LogP contribution in [0.1, 0.15) is 80.1 Å². The summed E-state index contributed by atoms with van der Waals surface area (Å²) in [6.07, 6.45) is 1.05. The number of aromatic hydroxyl groups is 1. The fraction of sp³-hybridized carbons (Fsp3) is 0.391. The zero-order chi connectivity index (χ0) is 41.9. The highest BCUT2D eigenvalue weighted by atomic mass is 16.7. The van der Waals surface area contributed by atoms with Crippen molar-refractivity contribution in [3.05, 3.63) is 106 Å². The minimum atomic E-state index is -2.56. The number of carbonyl (C=O) groups is 2. The van der Waals surface area contributed by atoms with Crippen LogP contribution in [0.3, 0.4) is 0 Å². The second kappa shape index (κ2) is 15.9. The third-order valence-electron chi connectivity index (χ3n) is 12.6. The Bertz CT molecular complexity index is 2410. The van der Waals surface area contributed by atoms with Gasteiger partial charge in [-0.2, -0.15) is 4.99 Å². The van der Waals surface area contributed by atoms with E-state index in [1.165, 1.54) is 12.0 Å². The van der Waals surface area contributed by atoms with Gasteiger partial charge in [0.15, 0.2) is 22.6 Å². The predicted molar refractivity (Wildman–Crippen MR) is 221 cm³/mol. The smallest absolute Gasteiger partial charge is 0.254 e. The number of hydrogen-bond donors (Lipinski definition) is 6. The lowest BCUT2D eigenvalue weighted by Gasteiger charge is -2.47. The van der Waals surface area contributed by atoms with Gasteiger partial charge in [0, 0.05) is 30.3 Å². The molecule has 0 aromatic heterocycles. The molecule has 0 radical (unpaired) electrons. The van der Waals surface area contributed by atoms with Crippen molar-refractivity contribution in [2.75, 3.05) is 33.9 Å². The van der Waals surface area contributed by atoms with E-state index in [1.54, 1.807) is 36.6 Å². The zero-order valence-electron chi connectivity index (χ0n) is 33.3. The molecule has 1 aliphatic carbocycles. The number of nitrogens with zero attached hydrogens (tertiary/aromatic N) is 2. The van der Waals surface area contributed by atoms with Crippen LogP contribution in [-0.4, -0.2) is 119 Å². The Hall–Kier alpha value is -5.32. The van der Waals surface area contributed by atoms with Crippen molar-refractivity contribution >= 4 is 40.4 Å². The van der Waals surface area contributed by atoms with Gasteiger partial charge >= 0.3 is 0 Å². The van der Waals surface area contributed by atoms with E-state index in [2.05, 4.69) is 10.3 Å². The number of Topliss-reactive ketones (excluding diaryl/α,β-unsaturated/α-hetero) is 1. The molecule has 6 atom stereocenters. The Kier molecular flexibility index (Phi) is 10.7. The van der Waals surface area contributed by atoms with Crippen molar-refractivity contribution in [2.24, 2.45) is 4.99 Å². The number of nitrogens with one attached hydrogen (secondary N) is 1. The molecule has 14 heteroatoms. The van der Waals surface area contributed by atoms with Gasteiger partial charge in [-0.05, 0) is 78.7 Å². The summed E-state index contributed by atoms with van der Waals surface area (Å²) in [6.45, 7) is -0.780. The number of rotatable bonds is 9. The molecule has 2 bridgehead atoms. The summed E-state index contributed by atoms with van der Waals surface area (Å²) >= 11 is 0. The zero-order valence-corrected chi connectivity index (χ0v) is 33.3. The van der Waals surface area contributed by atoms with Crippen molar-refractivity contribution in [1.82, 2.24) is 10.2 Å². The minimum absolute atomic E-state index is 0.0483. The molecular weight excluding hydrogens is 771 g/mol. The largest absolute Gasteiger partial charge is 0.506 e. The number of hydrogen-bond acceptors (Lipinski definition) is 13. The van der Waals surface area contributed by atoms with E-state index in [9.17, 15) is 35.1 Å². The highest BCUT2D eigenvalue weighted by molar-refractivity contribution is 6.11. The molecule has 9 rings (SSSR count). The number of amides is 1. The lowest BCUT2D eigenvalue weighted by atomic mass is 9.86. The molecular formula is C46H48N3O11+. The van der Waals surface area contributed by atoms with Crippen molar-refractivity contribution in [3.8, 4) is 17.2 Å². The van der Waals surface area contributed by atoms with E-state index < -0.39 is 54.4 Å². The third-order valence-corrected chi connectivity index (χ3v) is 12.6. The highest BCUT2D eigenvalue weighted by Gasteiger charge is 2.57. The van der Waals surface area contributed by atoms with Gasteiger partial charge in [-0.15, -0.1) is 0 Å². The lowest BCUT2D eigenvalue weighted by molar-refractivity contribution is -0.329. The molecule has 5 aliphatic rings. The summed E-state index contributed by atoms with van der Waals surface area (Å²) in [5, 5.41) is 61.2. The first-order chi connectivity index (χ1) is 29.0. The van der Waals surface area contributed by atoms with Crippen LogP contribution in [0.25, 0.3) is 16.8 Å². The summed E-state index contributed by atoms with van der Waals surface area (Å²) in [7, 11) is 3.33. The van der Waals surface area contributed by atoms with Gasteiger partial charge in [0.2, 0.25) is 6.29 Å². The number of phenolic OH excluding ortho intramolecular Hbond substituents is 1. The van der Waals surface area contributed by atoms with Crippen LogP contribution in [0, 0.1) is 5.92 Å². The van der Waals surface area contributed by atoms with Crippen LogP contribution in [0.5, 0.6) is 17.2 Å². The number of ether oxygens (including phenoxy) is 4. The maximum Gasteiger partial charge on any atom is 0.254 e. The number of fused-ring (bicyclic) bond motifs is 7. The van der Waals surface area contributed by atoms with Gasteiger partial charge in [0.05, 0.1) is 49.4 Å². The molecule has 0 unspecified atom stereocenters. The van der Waals surface area contributed by atoms with Gasteiger partial charge in [0.25, 0.3) is 5.91 Å². The Balaban J connectivity index is 1.22. The number of aliphatic hydroxyl groups excluding tert-OH is 3. The van der Waals surface area contributed by atoms with Gasteiger partial charge in [-0.1, -0.05) is 31.0 Å². The first kappa shape index (κ1) is 40.1. The predicted octanol–water partition coefficient (Wildman–Crippen LogP) is 4.07. The van der Waals surface area contributed by atoms with Crippen LogP contribution in [0.2, 0.25) is 0 Å². The van der Waals surface area contributed by atoms with Crippen LogP contribution < -0.4 is 14.8 Å². The second-order valence-electron chi connectivity index (χ2n) is 16.2. The molecule has 0 spiro atoms. The number of phenols is 1. The Morgan fingerprint density at radius 2 is 1.92 bits per heavy atom. The molecule has 2 fully saturated rings. The van der Waals surface area contributed by atoms with Crippen molar-refractivity contribution < 1.29 is 54.1 Å². The molecule has 14 nitrogen and oxygen atoms in total. The monoisotopic (exact) mass is 818 g/mol. The van der Waals surface area contributed by atoms with E-state index in [0.29, 0.717) is 34.7 Å². The first-order valence-electron chi connectivity index (χ1n) is 20.4. The number of benzene rings is 4. The molecule has 4 aromatic rings. The van der Waals surface area contributed by atoms with Gasteiger partial charge in [-0.25, -0.2) is 0 Å². The number of aliphatic hydroxyl groups is 4. The van der Waals surface area contributed by atoms with Crippen LogP contribution in [0.4, 0.5) is 5.69 Å². The van der Waals surface area contributed by atoms with Crippen LogP contribution in [-0.2, 0) is 22.6 Å². The highest BCUT2D eigenvalue weighted by Crippen LogP contribution is 2.50. The van der Waals surface area contributed by atoms with E-state index in [-0.39, 0.29) is 53.8 Å². The summed E-state index contributed by atoms with van der Waals surface area (Å²) in [6, 6.07) is 16.7. The molecule has 1 amide bonds. The third kappa shape index (κ3) is 6.72. The molecule has 4 aromatic carbocycles. The molecule has 6 N–H and O–H groups in total. The summed E-state index contributed by atoms with van der Waals surface area (Å²) < 4.78 is 25.2. The Morgan fingerprint density at radius 3 is 2.67 bits per heavy atom. The minimum Gasteiger partial charge on any atom is -0.506 e. The van der Waals surface area contributed by atoms with Crippen LogP contribution in [0.15, 0.2) is 65.7 Å². The fourth-order valence-electron chi connectivity index (χ4n) is 9.37. The summed E-state index contributed by atoms with van der Waals surface area (Å²) in [5.74, 6) is -0.276. The number of carbonyl (C=O) groups excluding carboxylic acids is 2. The molecule has 1 saturated carbocycles. The molecule has 312 valence electrons. The SMILES string of the molecule is CNCc1ccc2c(c1)[C+]([C@H]1/C=C/c3c(OC)cc4cc(C5CCCC5)c(C(=O)CN5Cc6ccccc6C5=O)c(O)c4c3O[C@H]3O[C@H](CO1)[C@@H](O)[C@H](O)[C@]3(O)CO)C=N2. The quantitative estimate of drug-likeness (QED) is 0.105. The maximum atomic E-state index is 14.6. The Labute approximate surface area is 346 Å².